The molecule has 3 heterocycles. The maximum absolute atomic E-state index is 12.5. The van der Waals surface area contributed by atoms with Crippen LogP contribution in [0, 0.1) is 6.92 Å². The molecule has 9 heteroatoms. The summed E-state index contributed by atoms with van der Waals surface area (Å²) in [4.78, 5) is 36.2. The van der Waals surface area contributed by atoms with Gasteiger partial charge in [-0.05, 0) is 47.1 Å². The smallest absolute Gasteiger partial charge is 0.348 e. The molecule has 138 valence electrons. The van der Waals surface area contributed by atoms with Crippen molar-refractivity contribution in [3.05, 3.63) is 47.4 Å². The van der Waals surface area contributed by atoms with Gasteiger partial charge in [0.1, 0.15) is 15.5 Å². The minimum atomic E-state index is -0.440. The lowest BCUT2D eigenvalue weighted by Gasteiger charge is -2.18. The zero-order chi connectivity index (χ0) is 18.8. The van der Waals surface area contributed by atoms with E-state index in [4.69, 9.17) is 4.74 Å². The van der Waals surface area contributed by atoms with Crippen LogP contribution in [0.4, 0.5) is 0 Å². The zero-order valence-electron chi connectivity index (χ0n) is 14.6. The van der Waals surface area contributed by atoms with Crippen molar-refractivity contribution in [2.75, 3.05) is 13.7 Å². The minimum Gasteiger partial charge on any atom is -0.465 e. The van der Waals surface area contributed by atoms with Gasteiger partial charge < -0.3 is 9.72 Å². The monoisotopic (exact) mass is 455 g/mol. The molecule has 26 heavy (non-hydrogen) atoms. The lowest BCUT2D eigenvalue weighted by molar-refractivity contribution is 0.0605. The number of aromatic nitrogens is 2. The van der Waals surface area contributed by atoms with E-state index >= 15 is 0 Å². The maximum Gasteiger partial charge on any atom is 0.348 e. The molecular weight excluding hydrogens is 438 g/mol. The van der Waals surface area contributed by atoms with Gasteiger partial charge in [0, 0.05) is 11.4 Å². The van der Waals surface area contributed by atoms with E-state index in [0.717, 1.165) is 16.9 Å². The second-order valence-electron chi connectivity index (χ2n) is 5.75. The molecule has 0 aliphatic carbocycles. The van der Waals surface area contributed by atoms with E-state index in [-0.39, 0.29) is 5.56 Å². The lowest BCUT2D eigenvalue weighted by Crippen LogP contribution is -2.25. The number of hydrogen-bond donors (Lipinski definition) is 1. The molecule has 0 fully saturated rings. The number of halogens is 1. The first kappa shape index (κ1) is 19.2. The molecule has 6 nitrogen and oxygen atoms in total. The van der Waals surface area contributed by atoms with Crippen molar-refractivity contribution in [2.24, 2.45) is 0 Å². The third-order valence-corrected chi connectivity index (χ3v) is 6.82. The van der Waals surface area contributed by atoms with Crippen molar-refractivity contribution in [3.63, 3.8) is 0 Å². The fourth-order valence-corrected chi connectivity index (χ4v) is 5.34. The largest absolute Gasteiger partial charge is 0.465 e. The predicted molar refractivity (Wildman–Crippen MR) is 108 cm³/mol. The van der Waals surface area contributed by atoms with Crippen molar-refractivity contribution >= 4 is 54.8 Å². The number of hydrogen-bond acceptors (Lipinski definition) is 7. The Kier molecular flexibility index (Phi) is 5.91. The average Bonchev–Trinajstić information content (AvgIpc) is 3.17. The molecule has 3 aromatic heterocycles. The quantitative estimate of drug-likeness (QED) is 0.569. The number of nitrogens with zero attached hydrogens (tertiary/aromatic N) is 2. The summed E-state index contributed by atoms with van der Waals surface area (Å²) < 4.78 is 5.89. The van der Waals surface area contributed by atoms with Crippen LogP contribution in [0.3, 0.4) is 0 Å². The van der Waals surface area contributed by atoms with Crippen LogP contribution in [0.15, 0.2) is 20.7 Å². The first-order chi connectivity index (χ1) is 12.4. The third kappa shape index (κ3) is 3.90. The van der Waals surface area contributed by atoms with Crippen molar-refractivity contribution in [2.45, 2.75) is 26.9 Å². The second-order valence-corrected chi connectivity index (χ2v) is 9.30. The van der Waals surface area contributed by atoms with Crippen LogP contribution in [-0.2, 0) is 17.8 Å². The predicted octanol–water partition coefficient (Wildman–Crippen LogP) is 3.93. The Hall–Kier alpha value is -1.55. The summed E-state index contributed by atoms with van der Waals surface area (Å²) in [5.74, 6) is 0.155. The molecule has 1 N–H and O–H groups in total. The molecule has 0 unspecified atom stereocenters. The number of ether oxygens (including phenoxy) is 1. The highest BCUT2D eigenvalue weighted by Gasteiger charge is 2.20. The number of H-pyrrole nitrogens is 1. The van der Waals surface area contributed by atoms with Gasteiger partial charge in [0.15, 0.2) is 0 Å². The summed E-state index contributed by atoms with van der Waals surface area (Å²) >= 11 is 6.37. The zero-order valence-corrected chi connectivity index (χ0v) is 17.8. The van der Waals surface area contributed by atoms with Crippen molar-refractivity contribution in [1.82, 2.24) is 14.9 Å². The van der Waals surface area contributed by atoms with Gasteiger partial charge in [-0.25, -0.2) is 9.78 Å². The summed E-state index contributed by atoms with van der Waals surface area (Å²) in [6.45, 7) is 5.96. The number of rotatable bonds is 6. The van der Waals surface area contributed by atoms with Gasteiger partial charge in [0.25, 0.3) is 5.56 Å². The molecule has 0 atom stereocenters. The molecule has 3 rings (SSSR count). The Balaban J connectivity index is 1.90. The third-order valence-electron chi connectivity index (χ3n) is 4.05. The van der Waals surface area contributed by atoms with E-state index in [1.54, 1.807) is 18.3 Å². The molecule has 0 spiro atoms. The van der Waals surface area contributed by atoms with Crippen LogP contribution >= 0.6 is 38.6 Å². The Bertz CT molecular complexity index is 1010. The molecule has 0 radical (unpaired) electrons. The van der Waals surface area contributed by atoms with Gasteiger partial charge in [-0.3, -0.25) is 9.69 Å². The standard InChI is InChI=1S/C17H18BrN3O3S2/c1-4-21(7-10-5-6-11(18)25-10)8-12-19-15(22)13-9(2)14(17(23)24-3)26-16(13)20-12/h5-6H,4,7-8H2,1-3H3,(H,19,20,22). The number of methoxy groups -OCH3 is 1. The number of carbonyl (C=O) groups is 1. The van der Waals surface area contributed by atoms with Crippen LogP contribution in [-0.4, -0.2) is 34.5 Å². The first-order valence-corrected chi connectivity index (χ1v) is 10.4. The molecule has 0 bridgehead atoms. The van der Waals surface area contributed by atoms with E-state index in [9.17, 15) is 9.59 Å². The summed E-state index contributed by atoms with van der Waals surface area (Å²) in [5.41, 5.74) is 0.400. The Morgan fingerprint density at radius 3 is 2.73 bits per heavy atom. The molecule has 0 saturated carbocycles. The van der Waals surface area contributed by atoms with Crippen LogP contribution in [0.2, 0.25) is 0 Å². The normalized spacial score (nSPS) is 11.4. The van der Waals surface area contributed by atoms with E-state index in [2.05, 4.69) is 43.8 Å². The van der Waals surface area contributed by atoms with Gasteiger partial charge in [-0.15, -0.1) is 22.7 Å². The molecule has 0 aliphatic heterocycles. The number of nitrogens with one attached hydrogen (secondary N) is 1. The Morgan fingerprint density at radius 1 is 1.35 bits per heavy atom. The number of aryl methyl sites for hydroxylation is 1. The van der Waals surface area contributed by atoms with Gasteiger partial charge in [-0.1, -0.05) is 6.92 Å². The number of carbonyl (C=O) groups excluding carboxylic acids is 1. The van der Waals surface area contributed by atoms with Crippen LogP contribution in [0.5, 0.6) is 0 Å². The summed E-state index contributed by atoms with van der Waals surface area (Å²) in [6.07, 6.45) is 0. The maximum atomic E-state index is 12.5. The SMILES string of the molecule is CCN(Cc1nc2sc(C(=O)OC)c(C)c2c(=O)[nH]1)Cc1ccc(Br)s1. The molecule has 0 aromatic carbocycles. The average molecular weight is 456 g/mol. The number of aromatic amines is 1. The highest BCUT2D eigenvalue weighted by atomic mass is 79.9. The number of esters is 1. The Morgan fingerprint density at radius 2 is 2.12 bits per heavy atom. The van der Waals surface area contributed by atoms with E-state index in [1.807, 2.05) is 6.07 Å². The highest BCUT2D eigenvalue weighted by Crippen LogP contribution is 2.28. The van der Waals surface area contributed by atoms with Gasteiger partial charge in [-0.2, -0.15) is 0 Å². The van der Waals surface area contributed by atoms with E-state index in [0.29, 0.717) is 33.0 Å². The van der Waals surface area contributed by atoms with Crippen molar-refractivity contribution < 1.29 is 9.53 Å². The molecule has 0 aliphatic rings. The molecule has 0 saturated heterocycles. The fraction of sp³-hybridized carbons (Fsp3) is 0.353. The van der Waals surface area contributed by atoms with Crippen molar-refractivity contribution in [3.8, 4) is 0 Å². The van der Waals surface area contributed by atoms with Gasteiger partial charge >= 0.3 is 5.97 Å². The first-order valence-electron chi connectivity index (χ1n) is 8.00. The van der Waals surface area contributed by atoms with E-state index in [1.165, 1.54) is 23.3 Å². The molecular formula is C17H18BrN3O3S2. The van der Waals surface area contributed by atoms with E-state index < -0.39 is 5.97 Å². The summed E-state index contributed by atoms with van der Waals surface area (Å²) in [5, 5.41) is 0.462. The van der Waals surface area contributed by atoms with Crippen molar-refractivity contribution in [1.29, 1.82) is 0 Å². The number of thiophene rings is 2. The van der Waals surface area contributed by atoms with Gasteiger partial charge in [0.2, 0.25) is 0 Å². The number of fused-ring (bicyclic) bond motifs is 1. The molecule has 3 aromatic rings. The fourth-order valence-electron chi connectivity index (χ4n) is 2.70. The summed E-state index contributed by atoms with van der Waals surface area (Å²) in [6, 6.07) is 4.12. The van der Waals surface area contributed by atoms with Crippen LogP contribution in [0.1, 0.15) is 32.9 Å². The lowest BCUT2D eigenvalue weighted by atomic mass is 10.2. The topological polar surface area (TPSA) is 75.3 Å². The summed E-state index contributed by atoms with van der Waals surface area (Å²) in [7, 11) is 1.33. The second kappa shape index (κ2) is 7.99. The highest BCUT2D eigenvalue weighted by molar-refractivity contribution is 9.11. The minimum absolute atomic E-state index is 0.219. The van der Waals surface area contributed by atoms with Crippen LogP contribution < -0.4 is 5.56 Å². The van der Waals surface area contributed by atoms with Gasteiger partial charge in [0.05, 0.1) is 22.8 Å². The Labute approximate surface area is 167 Å². The molecule has 0 amide bonds. The van der Waals surface area contributed by atoms with Crippen LogP contribution in [0.25, 0.3) is 10.2 Å².